The summed E-state index contributed by atoms with van der Waals surface area (Å²) in [6.45, 7) is 0.0948. The molecule has 0 fully saturated rings. The molecule has 3 aliphatic rings. The number of benzene rings is 3. The highest BCUT2D eigenvalue weighted by molar-refractivity contribution is 6.25. The summed E-state index contributed by atoms with van der Waals surface area (Å²) in [5.41, 5.74) is 14.9. The highest BCUT2D eigenvalue weighted by Gasteiger charge is 2.42. The first-order chi connectivity index (χ1) is 20.8. The van der Waals surface area contributed by atoms with Crippen molar-refractivity contribution < 1.29 is 29.0 Å². The number of nitrogens with two attached hydrogens (primary N) is 2. The van der Waals surface area contributed by atoms with Crippen molar-refractivity contribution in [1.29, 1.82) is 0 Å². The molecular weight excluding hydrogens is 552 g/mol. The van der Waals surface area contributed by atoms with Crippen LogP contribution in [0.3, 0.4) is 0 Å². The number of allylic oxidation sites excluding steroid dienone is 4. The van der Waals surface area contributed by atoms with E-state index in [4.69, 9.17) is 16.2 Å². The van der Waals surface area contributed by atoms with E-state index >= 15 is 0 Å². The second-order valence-electron chi connectivity index (χ2n) is 9.87. The average molecular weight is 577 g/mol. The van der Waals surface area contributed by atoms with Crippen molar-refractivity contribution in [3.05, 3.63) is 112 Å². The van der Waals surface area contributed by atoms with Gasteiger partial charge in [0.25, 0.3) is 17.7 Å². The van der Waals surface area contributed by atoms with E-state index in [1.165, 1.54) is 24.3 Å². The summed E-state index contributed by atoms with van der Waals surface area (Å²) in [6, 6.07) is 14.9. The number of hydrazine groups is 1. The quantitative estimate of drug-likeness (QED) is 0.179. The molecule has 3 aromatic carbocycles. The fraction of sp³-hybridized carbons (Fsp3) is 0.0968. The first-order valence-electron chi connectivity index (χ1n) is 13.2. The zero-order valence-corrected chi connectivity index (χ0v) is 22.5. The van der Waals surface area contributed by atoms with Gasteiger partial charge in [0.2, 0.25) is 5.78 Å². The molecule has 0 unspecified atom stereocenters. The van der Waals surface area contributed by atoms with Crippen molar-refractivity contribution in [3.8, 4) is 5.75 Å². The molecule has 0 saturated carbocycles. The number of anilines is 2. The number of imide groups is 1. The van der Waals surface area contributed by atoms with Crippen LogP contribution in [0.2, 0.25) is 0 Å². The lowest BCUT2D eigenvalue weighted by molar-refractivity contribution is -0.120. The Morgan fingerprint density at radius 1 is 0.907 bits per heavy atom. The largest absolute Gasteiger partial charge is 0.505 e. The molecule has 0 radical (unpaired) electrons. The number of hydrogen-bond acceptors (Lipinski definition) is 10. The van der Waals surface area contributed by atoms with E-state index in [2.05, 4.69) is 15.7 Å². The van der Waals surface area contributed by atoms with Gasteiger partial charge in [-0.05, 0) is 42.7 Å². The molecule has 214 valence electrons. The van der Waals surface area contributed by atoms with Gasteiger partial charge in [0.05, 0.1) is 27.9 Å². The number of rotatable bonds is 7. The van der Waals surface area contributed by atoms with E-state index in [1.807, 2.05) is 36.4 Å². The van der Waals surface area contributed by atoms with Crippen LogP contribution in [0.4, 0.5) is 17.1 Å². The molecule has 6 N–H and O–H groups in total. The minimum Gasteiger partial charge on any atom is -0.505 e. The third kappa shape index (κ3) is 4.70. The number of azo groups is 1. The van der Waals surface area contributed by atoms with Crippen molar-refractivity contribution >= 4 is 46.3 Å². The van der Waals surface area contributed by atoms with Gasteiger partial charge in [0.1, 0.15) is 12.4 Å². The number of aliphatic hydroxyl groups is 1. The molecule has 0 spiro atoms. The Morgan fingerprint density at radius 2 is 1.63 bits per heavy atom. The normalized spacial score (nSPS) is 15.7. The van der Waals surface area contributed by atoms with Crippen LogP contribution in [0.1, 0.15) is 55.0 Å². The van der Waals surface area contributed by atoms with E-state index in [-0.39, 0.29) is 51.7 Å². The van der Waals surface area contributed by atoms with Gasteiger partial charge in [-0.25, -0.2) is 0 Å². The lowest BCUT2D eigenvalue weighted by atomic mass is 10.0. The van der Waals surface area contributed by atoms with Crippen LogP contribution < -0.4 is 21.6 Å². The second-order valence-corrected chi connectivity index (χ2v) is 9.87. The maximum Gasteiger partial charge on any atom is 0.284 e. The summed E-state index contributed by atoms with van der Waals surface area (Å²) < 4.78 is 5.92. The Hall–Kier alpha value is -6.04. The topological polar surface area (TPSA) is 190 Å². The number of carbonyl (C=O) groups is 4. The van der Waals surface area contributed by atoms with Gasteiger partial charge >= 0.3 is 0 Å². The molecule has 0 atom stereocenters. The summed E-state index contributed by atoms with van der Waals surface area (Å²) in [5.74, 6) is -3.43. The maximum atomic E-state index is 13.6. The first-order valence-corrected chi connectivity index (χ1v) is 13.2. The molecule has 1 heterocycles. The number of aliphatic hydroxyl groups excluding tert-OH is 1. The average Bonchev–Trinajstić information content (AvgIpc) is 3.43. The van der Waals surface area contributed by atoms with Gasteiger partial charge in [-0.2, -0.15) is 5.01 Å². The number of Topliss-reactive ketones (excluding diaryl/α,β-unsaturated/α-hetero) is 1. The van der Waals surface area contributed by atoms with Crippen LogP contribution >= 0.6 is 0 Å². The molecule has 0 bridgehead atoms. The number of hydrogen-bond donors (Lipinski definition) is 4. The molecule has 1 aliphatic heterocycles. The van der Waals surface area contributed by atoms with E-state index in [0.717, 1.165) is 5.56 Å². The number of carbonyl (C=O) groups excluding carboxylic acids is 4. The van der Waals surface area contributed by atoms with Gasteiger partial charge in [0.15, 0.2) is 11.5 Å². The molecule has 2 aliphatic carbocycles. The van der Waals surface area contributed by atoms with E-state index in [9.17, 15) is 24.3 Å². The monoisotopic (exact) mass is 576 g/mol. The standard InChI is InChI=1S/C31H24N6O6/c32-18-11-12-19(33)23-22(18)27(38)26(28(23)39)35-34-20-13-14-21(43-15-16-7-3-1-4-8-16)25-24(20)30(41)37(31(25)42)36-29(40)17-9-5-2-6-10-17/h1-5,7-9,11-14,38H,6,10,15,32-33H2,(H,36,40). The smallest absolute Gasteiger partial charge is 0.284 e. The molecule has 6 rings (SSSR count). The Bertz CT molecular complexity index is 1860. The van der Waals surface area contributed by atoms with E-state index < -0.39 is 35.0 Å². The zero-order chi connectivity index (χ0) is 30.2. The van der Waals surface area contributed by atoms with Crippen molar-refractivity contribution in [2.24, 2.45) is 10.2 Å². The minimum absolute atomic E-state index is 0.00616. The van der Waals surface area contributed by atoms with Crippen molar-refractivity contribution in [1.82, 2.24) is 10.4 Å². The minimum atomic E-state index is -0.868. The Labute approximate surface area is 244 Å². The summed E-state index contributed by atoms with van der Waals surface area (Å²) in [5, 5.41) is 19.3. The third-order valence-corrected chi connectivity index (χ3v) is 7.17. The first kappa shape index (κ1) is 27.1. The lowest BCUT2D eigenvalue weighted by Crippen LogP contribution is -2.46. The zero-order valence-electron chi connectivity index (χ0n) is 22.5. The lowest BCUT2D eigenvalue weighted by Gasteiger charge is -2.17. The summed E-state index contributed by atoms with van der Waals surface area (Å²) in [4.78, 5) is 53.1. The van der Waals surface area contributed by atoms with E-state index in [0.29, 0.717) is 23.4 Å². The maximum absolute atomic E-state index is 13.6. The van der Waals surface area contributed by atoms with Crippen LogP contribution in [-0.2, 0) is 11.4 Å². The molecule has 12 heteroatoms. The van der Waals surface area contributed by atoms with Crippen molar-refractivity contribution in [3.63, 3.8) is 0 Å². The number of ketones is 1. The number of nitrogen functional groups attached to an aromatic ring is 2. The third-order valence-electron chi connectivity index (χ3n) is 7.17. The van der Waals surface area contributed by atoms with Crippen LogP contribution in [0.5, 0.6) is 5.75 Å². The molecule has 0 saturated heterocycles. The molecule has 3 amide bonds. The van der Waals surface area contributed by atoms with Gasteiger partial charge in [0, 0.05) is 16.9 Å². The number of ether oxygens (including phenoxy) is 1. The highest BCUT2D eigenvalue weighted by Crippen LogP contribution is 2.41. The van der Waals surface area contributed by atoms with Crippen LogP contribution in [0.25, 0.3) is 5.76 Å². The van der Waals surface area contributed by atoms with Gasteiger partial charge < -0.3 is 21.3 Å². The molecular formula is C31H24N6O6. The van der Waals surface area contributed by atoms with Crippen LogP contribution in [0.15, 0.2) is 94.3 Å². The summed E-state index contributed by atoms with van der Waals surface area (Å²) in [7, 11) is 0. The van der Waals surface area contributed by atoms with E-state index in [1.54, 1.807) is 12.2 Å². The number of nitrogens with one attached hydrogen (secondary N) is 1. The van der Waals surface area contributed by atoms with Crippen molar-refractivity contribution in [2.45, 2.75) is 19.4 Å². The molecule has 0 aromatic heterocycles. The highest BCUT2D eigenvalue weighted by atomic mass is 16.5. The SMILES string of the molecule is Nc1ccc(N)c2c1C(=O)C(N=Nc1ccc(OCc3ccccc3)c3c1C(=O)N(NC(=O)C1=CC=CCC1)C3=O)=C2O. The Morgan fingerprint density at radius 3 is 2.33 bits per heavy atom. The Kier molecular flexibility index (Phi) is 6.78. The summed E-state index contributed by atoms with van der Waals surface area (Å²) in [6.07, 6.45) is 6.33. The number of amides is 3. The van der Waals surface area contributed by atoms with Gasteiger partial charge in [-0.15, -0.1) is 10.2 Å². The number of fused-ring (bicyclic) bond motifs is 2. The second kappa shape index (κ2) is 10.7. The van der Waals surface area contributed by atoms with Gasteiger partial charge in [-0.1, -0.05) is 48.6 Å². The Balaban J connectivity index is 1.37. The van der Waals surface area contributed by atoms with Gasteiger partial charge in [-0.3, -0.25) is 24.6 Å². The fourth-order valence-corrected chi connectivity index (χ4v) is 5.00. The summed E-state index contributed by atoms with van der Waals surface area (Å²) >= 11 is 0. The number of nitrogens with zero attached hydrogens (tertiary/aromatic N) is 3. The molecule has 43 heavy (non-hydrogen) atoms. The van der Waals surface area contributed by atoms with Crippen LogP contribution in [0, 0.1) is 0 Å². The van der Waals surface area contributed by atoms with Crippen molar-refractivity contribution in [2.75, 3.05) is 11.5 Å². The predicted octanol–water partition coefficient (Wildman–Crippen LogP) is 4.54. The molecule has 3 aromatic rings. The fourth-order valence-electron chi connectivity index (χ4n) is 5.00. The predicted molar refractivity (Wildman–Crippen MR) is 156 cm³/mol. The molecule has 12 nitrogen and oxygen atoms in total. The van der Waals surface area contributed by atoms with Crippen LogP contribution in [-0.4, -0.2) is 33.6 Å².